The van der Waals surface area contributed by atoms with Gasteiger partial charge in [-0.2, -0.15) is 15.0 Å². The second-order valence-electron chi connectivity index (χ2n) is 4.95. The topological polar surface area (TPSA) is 83.0 Å². The van der Waals surface area contributed by atoms with Gasteiger partial charge in [-0.3, -0.25) is 0 Å². The van der Waals surface area contributed by atoms with Crippen LogP contribution in [0.1, 0.15) is 27.2 Å². The lowest BCUT2D eigenvalue weighted by Gasteiger charge is -2.25. The van der Waals surface area contributed by atoms with E-state index < -0.39 is 5.60 Å². The molecule has 3 N–H and O–H groups in total. The first-order chi connectivity index (χ1) is 8.32. The first kappa shape index (κ1) is 14.9. The lowest BCUT2D eigenvalue weighted by molar-refractivity contribution is 0.0514. The fourth-order valence-corrected chi connectivity index (χ4v) is 1.92. The number of anilines is 2. The summed E-state index contributed by atoms with van der Waals surface area (Å²) in [6, 6.07) is 0. The number of hydrogen-bond acceptors (Lipinski definition) is 6. The van der Waals surface area contributed by atoms with Crippen LogP contribution in [0, 0.1) is 5.92 Å². The number of nitrogens with one attached hydrogen (secondary N) is 2. The molecule has 0 aliphatic carbocycles. The third-order valence-electron chi connectivity index (χ3n) is 2.31. The van der Waals surface area contributed by atoms with Crippen LogP contribution in [-0.2, 0) is 0 Å². The van der Waals surface area contributed by atoms with Crippen molar-refractivity contribution in [1.29, 1.82) is 0 Å². The number of nitrogens with zero attached hydrogens (tertiary/aromatic N) is 3. The molecule has 0 amide bonds. The Balaban J connectivity index is 2.65. The van der Waals surface area contributed by atoms with Crippen LogP contribution in [0.2, 0.25) is 5.28 Å². The Kier molecular flexibility index (Phi) is 5.10. The van der Waals surface area contributed by atoms with E-state index in [1.54, 1.807) is 14.0 Å². The van der Waals surface area contributed by atoms with Crippen LogP contribution in [0.25, 0.3) is 0 Å². The molecule has 7 heteroatoms. The average molecular weight is 274 g/mol. The van der Waals surface area contributed by atoms with Crippen molar-refractivity contribution >= 4 is 23.5 Å². The number of aliphatic hydroxyl groups is 1. The lowest BCUT2D eigenvalue weighted by atomic mass is 9.94. The van der Waals surface area contributed by atoms with Crippen LogP contribution < -0.4 is 10.6 Å². The number of aromatic nitrogens is 3. The van der Waals surface area contributed by atoms with Gasteiger partial charge in [0.05, 0.1) is 5.60 Å². The minimum atomic E-state index is -0.812. The molecule has 0 bridgehead atoms. The predicted octanol–water partition coefficient (Wildman–Crippen LogP) is 1.78. The zero-order chi connectivity index (χ0) is 13.8. The van der Waals surface area contributed by atoms with Crippen molar-refractivity contribution in [3.8, 4) is 0 Å². The Hall–Kier alpha value is -1.14. The summed E-state index contributed by atoms with van der Waals surface area (Å²) in [4.78, 5) is 11.9. The van der Waals surface area contributed by atoms with Gasteiger partial charge in [-0.1, -0.05) is 13.8 Å². The third-order valence-corrected chi connectivity index (χ3v) is 2.48. The summed E-state index contributed by atoms with van der Waals surface area (Å²) in [5, 5.41) is 16.0. The summed E-state index contributed by atoms with van der Waals surface area (Å²) >= 11 is 5.76. The van der Waals surface area contributed by atoms with Crippen LogP contribution in [-0.4, -0.2) is 39.3 Å². The van der Waals surface area contributed by atoms with E-state index in [2.05, 4.69) is 39.4 Å². The minimum Gasteiger partial charge on any atom is -0.388 e. The molecule has 1 heterocycles. The molecule has 1 aromatic rings. The van der Waals surface area contributed by atoms with Gasteiger partial charge in [0.25, 0.3) is 0 Å². The minimum absolute atomic E-state index is 0.111. The van der Waals surface area contributed by atoms with Crippen molar-refractivity contribution in [2.45, 2.75) is 32.8 Å². The van der Waals surface area contributed by atoms with Gasteiger partial charge >= 0.3 is 0 Å². The first-order valence-electron chi connectivity index (χ1n) is 5.88. The highest BCUT2D eigenvalue weighted by Gasteiger charge is 2.22. The molecule has 0 spiro atoms. The molecule has 0 radical (unpaired) electrons. The predicted molar refractivity (Wildman–Crippen MR) is 73.0 cm³/mol. The van der Waals surface area contributed by atoms with Gasteiger partial charge in [0.15, 0.2) is 0 Å². The van der Waals surface area contributed by atoms with E-state index in [4.69, 9.17) is 11.6 Å². The van der Waals surface area contributed by atoms with Crippen LogP contribution >= 0.6 is 11.6 Å². The third kappa shape index (κ3) is 5.01. The Morgan fingerprint density at radius 1 is 1.28 bits per heavy atom. The van der Waals surface area contributed by atoms with Gasteiger partial charge in [0.2, 0.25) is 17.2 Å². The summed E-state index contributed by atoms with van der Waals surface area (Å²) in [6.45, 7) is 6.26. The maximum absolute atomic E-state index is 10.2. The molecule has 0 saturated carbocycles. The second kappa shape index (κ2) is 6.15. The highest BCUT2D eigenvalue weighted by Crippen LogP contribution is 2.17. The number of rotatable bonds is 6. The smallest absolute Gasteiger partial charge is 0.228 e. The van der Waals surface area contributed by atoms with Gasteiger partial charge in [-0.15, -0.1) is 0 Å². The maximum atomic E-state index is 10.2. The van der Waals surface area contributed by atoms with Gasteiger partial charge in [0, 0.05) is 13.6 Å². The molecule has 0 aliphatic rings. The maximum Gasteiger partial charge on any atom is 0.228 e. The summed E-state index contributed by atoms with van der Waals surface area (Å²) in [6.07, 6.45) is 0.692. The van der Waals surface area contributed by atoms with E-state index in [1.165, 1.54) is 0 Å². The molecule has 102 valence electrons. The zero-order valence-corrected chi connectivity index (χ0v) is 11.9. The fourth-order valence-electron chi connectivity index (χ4n) is 1.76. The largest absolute Gasteiger partial charge is 0.388 e. The van der Waals surface area contributed by atoms with Crippen molar-refractivity contribution in [3.63, 3.8) is 0 Å². The van der Waals surface area contributed by atoms with Gasteiger partial charge in [0.1, 0.15) is 0 Å². The fraction of sp³-hybridized carbons (Fsp3) is 0.727. The average Bonchev–Trinajstić information content (AvgIpc) is 2.24. The lowest BCUT2D eigenvalue weighted by Crippen LogP contribution is -2.35. The molecule has 6 nitrogen and oxygen atoms in total. The van der Waals surface area contributed by atoms with Gasteiger partial charge in [-0.25, -0.2) is 0 Å². The van der Waals surface area contributed by atoms with Crippen LogP contribution in [0.3, 0.4) is 0 Å². The van der Waals surface area contributed by atoms with E-state index >= 15 is 0 Å². The molecule has 0 aliphatic heterocycles. The Morgan fingerprint density at radius 3 is 2.44 bits per heavy atom. The standard InChI is InChI=1S/C11H20ClN5O/c1-7(2)5-11(3,18)6-14-10-16-8(12)15-9(13-4)17-10/h7,18H,5-6H2,1-4H3,(H2,13,14,15,16,17). The van der Waals surface area contributed by atoms with Crippen molar-refractivity contribution in [1.82, 2.24) is 15.0 Å². The van der Waals surface area contributed by atoms with Crippen LogP contribution in [0.4, 0.5) is 11.9 Å². The molecule has 0 aromatic carbocycles. The highest BCUT2D eigenvalue weighted by atomic mass is 35.5. The molecule has 1 rings (SSSR count). The molecular weight excluding hydrogens is 254 g/mol. The summed E-state index contributed by atoms with van der Waals surface area (Å²) < 4.78 is 0. The Labute approximate surface area is 112 Å². The number of halogens is 1. The molecule has 18 heavy (non-hydrogen) atoms. The zero-order valence-electron chi connectivity index (χ0n) is 11.2. The molecule has 0 saturated heterocycles. The summed E-state index contributed by atoms with van der Waals surface area (Å²) in [5.74, 6) is 1.15. The van der Waals surface area contributed by atoms with Crippen LogP contribution in [0.15, 0.2) is 0 Å². The Morgan fingerprint density at radius 2 is 1.89 bits per heavy atom. The normalized spacial score (nSPS) is 14.4. The summed E-state index contributed by atoms with van der Waals surface area (Å²) in [7, 11) is 1.70. The molecule has 1 aromatic heterocycles. The van der Waals surface area contributed by atoms with Crippen molar-refractivity contribution in [2.24, 2.45) is 5.92 Å². The van der Waals surface area contributed by atoms with E-state index in [1.807, 2.05) is 0 Å². The van der Waals surface area contributed by atoms with Gasteiger partial charge in [-0.05, 0) is 30.9 Å². The SMILES string of the molecule is CNc1nc(Cl)nc(NCC(C)(O)CC(C)C)n1. The van der Waals surface area contributed by atoms with E-state index in [-0.39, 0.29) is 5.28 Å². The van der Waals surface area contributed by atoms with E-state index in [0.717, 1.165) is 0 Å². The van der Waals surface area contributed by atoms with Crippen molar-refractivity contribution < 1.29 is 5.11 Å². The Bertz CT molecular complexity index is 397. The van der Waals surface area contributed by atoms with Crippen molar-refractivity contribution in [2.75, 3.05) is 24.2 Å². The monoisotopic (exact) mass is 273 g/mol. The molecule has 1 unspecified atom stereocenters. The van der Waals surface area contributed by atoms with E-state index in [9.17, 15) is 5.11 Å². The van der Waals surface area contributed by atoms with E-state index in [0.29, 0.717) is 30.8 Å². The molecule has 1 atom stereocenters. The highest BCUT2D eigenvalue weighted by molar-refractivity contribution is 6.28. The second-order valence-corrected chi connectivity index (χ2v) is 5.29. The summed E-state index contributed by atoms with van der Waals surface area (Å²) in [5.41, 5.74) is -0.812. The quantitative estimate of drug-likeness (QED) is 0.733. The first-order valence-corrected chi connectivity index (χ1v) is 6.26. The molecule has 0 fully saturated rings. The van der Waals surface area contributed by atoms with Gasteiger partial charge < -0.3 is 15.7 Å². The molecular formula is C11H20ClN5O. The van der Waals surface area contributed by atoms with Crippen molar-refractivity contribution in [3.05, 3.63) is 5.28 Å². The van der Waals surface area contributed by atoms with Crippen LogP contribution in [0.5, 0.6) is 0 Å². The number of hydrogen-bond donors (Lipinski definition) is 3.